The highest BCUT2D eigenvalue weighted by atomic mass is 19.1. The summed E-state index contributed by atoms with van der Waals surface area (Å²) in [7, 11) is 0. The van der Waals surface area contributed by atoms with Crippen LogP contribution in [0, 0.1) is 5.82 Å². The molecule has 1 aliphatic rings. The third kappa shape index (κ3) is 4.35. The molecule has 0 radical (unpaired) electrons. The fourth-order valence-electron chi connectivity index (χ4n) is 4.07. The summed E-state index contributed by atoms with van der Waals surface area (Å²) in [6.45, 7) is 2.18. The van der Waals surface area contributed by atoms with Crippen LogP contribution < -0.4 is 10.2 Å². The quantitative estimate of drug-likeness (QED) is 0.436. The van der Waals surface area contributed by atoms with Gasteiger partial charge in [-0.25, -0.2) is 14.4 Å². The van der Waals surface area contributed by atoms with E-state index < -0.39 is 6.61 Å². The Hall–Kier alpha value is -3.98. The first-order chi connectivity index (χ1) is 16.1. The Morgan fingerprint density at radius 3 is 2.64 bits per heavy atom. The smallest absolute Gasteiger partial charge is 0.248 e. The molecule has 0 unspecified atom stereocenters. The first kappa shape index (κ1) is 20.9. The molecule has 33 heavy (non-hydrogen) atoms. The standard InChI is InChI=1S/C24H23FN6O2/c25-16-1-6-21-19(13-16)20(14-27-21)22-7-8-26-24(29-22)28-17-2-4-18(5-3-17)30-9-11-31(12-10-30)23(33)15-32/h1-8,13-14,27,32H,9-12,15H2,(H,26,28,29). The van der Waals surface area contributed by atoms with E-state index in [4.69, 9.17) is 5.11 Å². The molecule has 1 aliphatic heterocycles. The minimum atomic E-state index is -0.444. The molecule has 5 rings (SSSR count). The normalized spacial score (nSPS) is 14.0. The number of nitrogens with one attached hydrogen (secondary N) is 2. The maximum absolute atomic E-state index is 13.7. The Labute approximate surface area is 189 Å². The number of hydrogen-bond donors (Lipinski definition) is 3. The molecule has 0 saturated carbocycles. The number of aliphatic hydroxyl groups is 1. The van der Waals surface area contributed by atoms with Gasteiger partial charge in [0.15, 0.2) is 0 Å². The molecular weight excluding hydrogens is 423 g/mol. The SMILES string of the molecule is O=C(CO)N1CCN(c2ccc(Nc3nccc(-c4c[nH]c5ccc(F)cc45)n3)cc2)CC1. The number of rotatable bonds is 5. The summed E-state index contributed by atoms with van der Waals surface area (Å²) in [5.41, 5.74) is 4.25. The maximum Gasteiger partial charge on any atom is 0.248 e. The van der Waals surface area contributed by atoms with Gasteiger partial charge in [0.1, 0.15) is 12.4 Å². The molecule has 8 nitrogen and oxygen atoms in total. The van der Waals surface area contributed by atoms with E-state index in [-0.39, 0.29) is 11.7 Å². The van der Waals surface area contributed by atoms with Crippen LogP contribution in [0.1, 0.15) is 0 Å². The summed E-state index contributed by atoms with van der Waals surface area (Å²) >= 11 is 0. The highest BCUT2D eigenvalue weighted by Gasteiger charge is 2.20. The van der Waals surface area contributed by atoms with E-state index >= 15 is 0 Å². The number of nitrogens with zero attached hydrogens (tertiary/aromatic N) is 4. The predicted octanol–water partition coefficient (Wildman–Crippen LogP) is 3.15. The largest absolute Gasteiger partial charge is 0.387 e. The van der Waals surface area contributed by atoms with Crippen LogP contribution in [-0.4, -0.2) is 63.7 Å². The van der Waals surface area contributed by atoms with Gasteiger partial charge in [-0.1, -0.05) is 0 Å². The number of aliphatic hydroxyl groups excluding tert-OH is 1. The average Bonchev–Trinajstić information content (AvgIpc) is 3.27. The number of hydrogen-bond acceptors (Lipinski definition) is 6. The van der Waals surface area contributed by atoms with E-state index in [1.165, 1.54) is 12.1 Å². The van der Waals surface area contributed by atoms with Gasteiger partial charge in [0, 0.05) is 66.4 Å². The van der Waals surface area contributed by atoms with Gasteiger partial charge in [-0.2, -0.15) is 0 Å². The summed E-state index contributed by atoms with van der Waals surface area (Å²) in [5.74, 6) is -0.0754. The molecule has 9 heteroatoms. The molecule has 3 heterocycles. The minimum absolute atomic E-state index is 0.228. The lowest BCUT2D eigenvalue weighted by molar-refractivity contribution is -0.134. The second kappa shape index (κ2) is 8.87. The van der Waals surface area contributed by atoms with E-state index in [0.29, 0.717) is 24.7 Å². The fraction of sp³-hybridized carbons (Fsp3) is 0.208. The van der Waals surface area contributed by atoms with Crippen molar-refractivity contribution in [3.63, 3.8) is 0 Å². The van der Waals surface area contributed by atoms with E-state index in [2.05, 4.69) is 25.2 Å². The number of aromatic nitrogens is 3. The molecule has 1 amide bonds. The number of fused-ring (bicyclic) bond motifs is 1. The Bertz CT molecular complexity index is 1280. The molecule has 2 aromatic heterocycles. The van der Waals surface area contributed by atoms with Crippen LogP contribution in [0.3, 0.4) is 0 Å². The fourth-order valence-corrected chi connectivity index (χ4v) is 4.07. The van der Waals surface area contributed by atoms with Crippen molar-refractivity contribution in [3.05, 3.63) is 66.7 Å². The zero-order valence-corrected chi connectivity index (χ0v) is 17.8. The van der Waals surface area contributed by atoms with Crippen molar-refractivity contribution in [1.82, 2.24) is 19.9 Å². The second-order valence-electron chi connectivity index (χ2n) is 7.86. The van der Waals surface area contributed by atoms with Crippen molar-refractivity contribution in [2.75, 3.05) is 43.0 Å². The van der Waals surface area contributed by atoms with E-state index in [0.717, 1.165) is 40.9 Å². The summed E-state index contributed by atoms with van der Waals surface area (Å²) < 4.78 is 13.7. The van der Waals surface area contributed by atoms with Gasteiger partial charge in [-0.15, -0.1) is 0 Å². The summed E-state index contributed by atoms with van der Waals surface area (Å²) in [6.07, 6.45) is 3.49. The number of anilines is 3. The third-order valence-electron chi connectivity index (χ3n) is 5.83. The molecule has 2 aromatic carbocycles. The van der Waals surface area contributed by atoms with Crippen LogP contribution in [0.25, 0.3) is 22.2 Å². The lowest BCUT2D eigenvalue weighted by Crippen LogP contribution is -2.49. The van der Waals surface area contributed by atoms with Crippen molar-refractivity contribution in [2.24, 2.45) is 0 Å². The van der Waals surface area contributed by atoms with Crippen LogP contribution in [-0.2, 0) is 4.79 Å². The number of carbonyl (C=O) groups is 1. The Morgan fingerprint density at radius 1 is 1.09 bits per heavy atom. The lowest BCUT2D eigenvalue weighted by Gasteiger charge is -2.35. The van der Waals surface area contributed by atoms with E-state index in [1.807, 2.05) is 30.5 Å². The van der Waals surface area contributed by atoms with Crippen LogP contribution in [0.15, 0.2) is 60.9 Å². The molecule has 0 atom stereocenters. The topological polar surface area (TPSA) is 97.4 Å². The second-order valence-corrected chi connectivity index (χ2v) is 7.86. The van der Waals surface area contributed by atoms with Crippen molar-refractivity contribution in [1.29, 1.82) is 0 Å². The van der Waals surface area contributed by atoms with Gasteiger partial charge in [0.2, 0.25) is 11.9 Å². The van der Waals surface area contributed by atoms with E-state index in [1.54, 1.807) is 23.2 Å². The Kier molecular flexibility index (Phi) is 5.62. The third-order valence-corrected chi connectivity index (χ3v) is 5.83. The summed E-state index contributed by atoms with van der Waals surface area (Å²) in [5, 5.41) is 13.0. The summed E-state index contributed by atoms with van der Waals surface area (Å²) in [4.78, 5) is 27.6. The number of H-pyrrole nitrogens is 1. The maximum atomic E-state index is 13.7. The lowest BCUT2D eigenvalue weighted by atomic mass is 10.1. The zero-order chi connectivity index (χ0) is 22.8. The van der Waals surface area contributed by atoms with Gasteiger partial charge in [-0.05, 0) is 48.5 Å². The minimum Gasteiger partial charge on any atom is -0.387 e. The Morgan fingerprint density at radius 2 is 1.88 bits per heavy atom. The zero-order valence-electron chi connectivity index (χ0n) is 17.8. The molecule has 0 spiro atoms. The summed E-state index contributed by atoms with van der Waals surface area (Å²) in [6, 6.07) is 14.4. The van der Waals surface area contributed by atoms with Gasteiger partial charge >= 0.3 is 0 Å². The van der Waals surface area contributed by atoms with Gasteiger partial charge in [-0.3, -0.25) is 4.79 Å². The number of carbonyl (C=O) groups excluding carboxylic acids is 1. The van der Waals surface area contributed by atoms with Gasteiger partial charge in [0.05, 0.1) is 5.69 Å². The first-order valence-corrected chi connectivity index (χ1v) is 10.7. The molecule has 1 fully saturated rings. The molecule has 168 valence electrons. The van der Waals surface area contributed by atoms with Gasteiger partial charge < -0.3 is 25.2 Å². The molecule has 0 aliphatic carbocycles. The predicted molar refractivity (Wildman–Crippen MR) is 125 cm³/mol. The molecule has 1 saturated heterocycles. The highest BCUT2D eigenvalue weighted by Crippen LogP contribution is 2.29. The van der Waals surface area contributed by atoms with E-state index in [9.17, 15) is 9.18 Å². The number of halogens is 1. The molecular formula is C24H23FN6O2. The first-order valence-electron chi connectivity index (χ1n) is 10.7. The van der Waals surface area contributed by atoms with Gasteiger partial charge in [0.25, 0.3) is 0 Å². The number of aromatic amines is 1. The average molecular weight is 446 g/mol. The molecule has 4 aromatic rings. The monoisotopic (exact) mass is 446 g/mol. The highest BCUT2D eigenvalue weighted by molar-refractivity contribution is 5.94. The molecule has 0 bridgehead atoms. The van der Waals surface area contributed by atoms with Crippen molar-refractivity contribution in [2.45, 2.75) is 0 Å². The van der Waals surface area contributed by atoms with Crippen molar-refractivity contribution >= 4 is 34.1 Å². The van der Waals surface area contributed by atoms with Crippen LogP contribution >= 0.6 is 0 Å². The number of piperazine rings is 1. The van der Waals surface area contributed by atoms with Crippen LogP contribution in [0.2, 0.25) is 0 Å². The van der Waals surface area contributed by atoms with Crippen LogP contribution in [0.5, 0.6) is 0 Å². The number of amides is 1. The van der Waals surface area contributed by atoms with Crippen molar-refractivity contribution in [3.8, 4) is 11.3 Å². The Balaban J connectivity index is 1.28. The molecule has 3 N–H and O–H groups in total. The van der Waals surface area contributed by atoms with Crippen LogP contribution in [0.4, 0.5) is 21.7 Å². The number of benzene rings is 2. The van der Waals surface area contributed by atoms with Crippen molar-refractivity contribution < 1.29 is 14.3 Å².